The predicted molar refractivity (Wildman–Crippen MR) is 133 cm³/mol. The first-order chi connectivity index (χ1) is 15.6. The summed E-state index contributed by atoms with van der Waals surface area (Å²) in [5, 5.41) is 16.7. The third-order valence-electron chi connectivity index (χ3n) is 5.20. The topological polar surface area (TPSA) is 79.8 Å². The summed E-state index contributed by atoms with van der Waals surface area (Å²) in [5.41, 5.74) is 3.45. The number of amides is 1. The number of aliphatic hydroxyl groups excluding tert-OH is 1. The molecule has 3 aromatic rings. The highest BCUT2D eigenvalue weighted by Gasteiger charge is 2.13. The summed E-state index contributed by atoms with van der Waals surface area (Å²) in [7, 11) is 1.65. The third kappa shape index (κ3) is 8.09. The number of methoxy groups -OCH3 is 1. The molecule has 1 amide bonds. The van der Waals surface area contributed by atoms with Gasteiger partial charge in [-0.05, 0) is 54.3 Å². The molecule has 7 heteroatoms. The molecular formula is C26H31ClN2O4. The van der Waals surface area contributed by atoms with E-state index in [0.29, 0.717) is 36.6 Å². The lowest BCUT2D eigenvalue weighted by Crippen LogP contribution is -2.32. The number of nitrogens with one attached hydrogen (secondary N) is 2. The number of anilines is 1. The molecule has 0 aliphatic carbocycles. The van der Waals surface area contributed by atoms with E-state index in [0.717, 1.165) is 17.7 Å². The lowest BCUT2D eigenvalue weighted by Gasteiger charge is -2.19. The van der Waals surface area contributed by atoms with E-state index in [1.54, 1.807) is 19.2 Å². The Bertz CT molecular complexity index is 983. The van der Waals surface area contributed by atoms with Gasteiger partial charge >= 0.3 is 0 Å². The number of rotatable bonds is 12. The van der Waals surface area contributed by atoms with Crippen molar-refractivity contribution in [2.45, 2.75) is 32.1 Å². The fourth-order valence-electron chi connectivity index (χ4n) is 3.41. The van der Waals surface area contributed by atoms with E-state index in [1.165, 1.54) is 5.56 Å². The number of benzene rings is 3. The maximum absolute atomic E-state index is 11.1. The van der Waals surface area contributed by atoms with Crippen molar-refractivity contribution in [3.8, 4) is 11.5 Å². The predicted octanol–water partition coefficient (Wildman–Crippen LogP) is 4.52. The molecule has 0 aromatic heterocycles. The van der Waals surface area contributed by atoms with Crippen LogP contribution >= 0.6 is 12.4 Å². The fraction of sp³-hybridized carbons (Fsp3) is 0.269. The lowest BCUT2D eigenvalue weighted by molar-refractivity contribution is -0.105. The number of ether oxygens (including phenoxy) is 2. The summed E-state index contributed by atoms with van der Waals surface area (Å²) >= 11 is 0. The Morgan fingerprint density at radius 3 is 2.39 bits per heavy atom. The minimum Gasteiger partial charge on any atom is -0.497 e. The first-order valence-corrected chi connectivity index (χ1v) is 10.6. The van der Waals surface area contributed by atoms with Crippen LogP contribution in [0.5, 0.6) is 11.5 Å². The van der Waals surface area contributed by atoms with Crippen molar-refractivity contribution in [3.63, 3.8) is 0 Å². The Morgan fingerprint density at radius 2 is 1.73 bits per heavy atom. The van der Waals surface area contributed by atoms with Gasteiger partial charge in [0.15, 0.2) is 0 Å². The largest absolute Gasteiger partial charge is 0.497 e. The van der Waals surface area contributed by atoms with Gasteiger partial charge in [-0.3, -0.25) is 4.79 Å². The molecule has 0 fully saturated rings. The molecule has 6 nitrogen and oxygen atoms in total. The number of carbonyl (C=O) groups is 1. The van der Waals surface area contributed by atoms with Crippen LogP contribution in [0.4, 0.5) is 5.69 Å². The van der Waals surface area contributed by atoms with Crippen molar-refractivity contribution in [2.24, 2.45) is 0 Å². The minimum absolute atomic E-state index is 0. The van der Waals surface area contributed by atoms with Crippen molar-refractivity contribution in [1.29, 1.82) is 0 Å². The normalized spacial score (nSPS) is 12.2. The molecule has 3 aromatic carbocycles. The highest BCUT2D eigenvalue weighted by molar-refractivity contribution is 5.85. The molecule has 176 valence electrons. The first kappa shape index (κ1) is 26.2. The van der Waals surface area contributed by atoms with Crippen LogP contribution in [0.15, 0.2) is 72.8 Å². The SMILES string of the molecule is COc1ccc(CC(C)NCC(O)c2ccc(OCc3ccccc3)c(NC=O)c2)cc1.Cl. The zero-order valence-corrected chi connectivity index (χ0v) is 19.7. The van der Waals surface area contributed by atoms with Crippen molar-refractivity contribution < 1.29 is 19.4 Å². The maximum Gasteiger partial charge on any atom is 0.211 e. The van der Waals surface area contributed by atoms with Gasteiger partial charge in [0, 0.05) is 12.6 Å². The Labute approximate surface area is 201 Å². The molecular weight excluding hydrogens is 440 g/mol. The summed E-state index contributed by atoms with van der Waals surface area (Å²) in [6.45, 7) is 2.86. The average Bonchev–Trinajstić information content (AvgIpc) is 2.83. The van der Waals surface area contributed by atoms with Crippen LogP contribution in [0, 0.1) is 0 Å². The molecule has 33 heavy (non-hydrogen) atoms. The second-order valence-corrected chi connectivity index (χ2v) is 7.67. The summed E-state index contributed by atoms with van der Waals surface area (Å²) in [4.78, 5) is 11.1. The summed E-state index contributed by atoms with van der Waals surface area (Å²) in [6.07, 6.45) is 0.723. The second-order valence-electron chi connectivity index (χ2n) is 7.67. The first-order valence-electron chi connectivity index (χ1n) is 10.6. The van der Waals surface area contributed by atoms with E-state index in [-0.39, 0.29) is 18.4 Å². The van der Waals surface area contributed by atoms with Gasteiger partial charge in [-0.2, -0.15) is 0 Å². The Balaban J connectivity index is 0.00000385. The molecule has 2 atom stereocenters. The third-order valence-corrected chi connectivity index (χ3v) is 5.20. The molecule has 3 N–H and O–H groups in total. The van der Waals surface area contributed by atoms with Gasteiger partial charge in [0.05, 0.1) is 18.9 Å². The van der Waals surface area contributed by atoms with E-state index in [4.69, 9.17) is 9.47 Å². The van der Waals surface area contributed by atoms with Crippen LogP contribution < -0.4 is 20.1 Å². The van der Waals surface area contributed by atoms with E-state index < -0.39 is 6.10 Å². The molecule has 0 bridgehead atoms. The van der Waals surface area contributed by atoms with E-state index in [1.807, 2.05) is 60.7 Å². The number of halogens is 1. The van der Waals surface area contributed by atoms with Gasteiger partial charge in [0.2, 0.25) is 6.41 Å². The monoisotopic (exact) mass is 470 g/mol. The van der Waals surface area contributed by atoms with E-state index in [9.17, 15) is 9.90 Å². The van der Waals surface area contributed by atoms with Crippen molar-refractivity contribution in [3.05, 3.63) is 89.5 Å². The number of carbonyl (C=O) groups excluding carboxylic acids is 1. The maximum atomic E-state index is 11.1. The molecule has 0 heterocycles. The fourth-order valence-corrected chi connectivity index (χ4v) is 3.41. The highest BCUT2D eigenvalue weighted by Crippen LogP contribution is 2.29. The summed E-state index contributed by atoms with van der Waals surface area (Å²) in [5.74, 6) is 1.39. The molecule has 0 spiro atoms. The molecule has 0 radical (unpaired) electrons. The zero-order valence-electron chi connectivity index (χ0n) is 18.9. The lowest BCUT2D eigenvalue weighted by atomic mass is 10.1. The Morgan fingerprint density at radius 1 is 1.00 bits per heavy atom. The van der Waals surface area contributed by atoms with Crippen LogP contribution in [0.2, 0.25) is 0 Å². The minimum atomic E-state index is -0.719. The second kappa shape index (κ2) is 13.5. The van der Waals surface area contributed by atoms with Gasteiger partial charge in [-0.25, -0.2) is 0 Å². The average molecular weight is 471 g/mol. The van der Waals surface area contributed by atoms with Crippen LogP contribution in [-0.2, 0) is 17.8 Å². The van der Waals surface area contributed by atoms with Crippen LogP contribution in [0.1, 0.15) is 29.7 Å². The molecule has 3 rings (SSSR count). The number of hydrogen-bond donors (Lipinski definition) is 3. The van der Waals surface area contributed by atoms with Crippen LogP contribution in [0.3, 0.4) is 0 Å². The van der Waals surface area contributed by atoms with Gasteiger partial charge in [0.25, 0.3) is 0 Å². The van der Waals surface area contributed by atoms with Gasteiger partial charge in [0.1, 0.15) is 18.1 Å². The van der Waals surface area contributed by atoms with Gasteiger partial charge < -0.3 is 25.2 Å². The van der Waals surface area contributed by atoms with Crippen LogP contribution in [0.25, 0.3) is 0 Å². The molecule has 0 aliphatic heterocycles. The highest BCUT2D eigenvalue weighted by atomic mass is 35.5. The molecule has 0 saturated heterocycles. The summed E-state index contributed by atoms with van der Waals surface area (Å²) in [6, 6.07) is 23.3. The van der Waals surface area contributed by atoms with E-state index >= 15 is 0 Å². The standard InChI is InChI=1S/C26H30N2O4.ClH/c1-19(14-20-8-11-23(31-2)12-9-20)27-16-25(30)22-10-13-26(24(15-22)28-18-29)32-17-21-6-4-3-5-7-21;/h3-13,15,18-19,25,27,30H,14,16-17H2,1-2H3,(H,28,29);1H. The number of hydrogen-bond acceptors (Lipinski definition) is 5. The van der Waals surface area contributed by atoms with Gasteiger partial charge in [-0.1, -0.05) is 48.5 Å². The number of aliphatic hydroxyl groups is 1. The molecule has 2 unspecified atom stereocenters. The Kier molecular flexibility index (Phi) is 10.7. The molecule has 0 aliphatic rings. The van der Waals surface area contributed by atoms with Gasteiger partial charge in [-0.15, -0.1) is 12.4 Å². The van der Waals surface area contributed by atoms with Crippen molar-refractivity contribution in [1.82, 2.24) is 5.32 Å². The van der Waals surface area contributed by atoms with Crippen molar-refractivity contribution in [2.75, 3.05) is 19.0 Å². The quantitative estimate of drug-likeness (QED) is 0.339. The summed E-state index contributed by atoms with van der Waals surface area (Å²) < 4.78 is 11.1. The Hall–Kier alpha value is -3.06. The molecule has 0 saturated carbocycles. The van der Waals surface area contributed by atoms with Crippen molar-refractivity contribution >= 4 is 24.5 Å². The zero-order chi connectivity index (χ0) is 22.8. The smallest absolute Gasteiger partial charge is 0.211 e. The van der Waals surface area contributed by atoms with E-state index in [2.05, 4.69) is 17.6 Å². The van der Waals surface area contributed by atoms with Crippen LogP contribution in [-0.4, -0.2) is 31.2 Å².